The first kappa shape index (κ1) is 17.9. The first-order valence-electron chi connectivity index (χ1n) is 7.81. The molecule has 0 saturated carbocycles. The minimum absolute atomic E-state index is 0.128. The Hall–Kier alpha value is -1.13. The van der Waals surface area contributed by atoms with E-state index in [1.165, 1.54) is 6.07 Å². The molecular weight excluding hydrogens is 269 g/mol. The molecule has 1 aromatic rings. The van der Waals surface area contributed by atoms with E-state index in [-0.39, 0.29) is 18.0 Å². The van der Waals surface area contributed by atoms with E-state index in [9.17, 15) is 9.50 Å². The van der Waals surface area contributed by atoms with Gasteiger partial charge in [-0.2, -0.15) is 0 Å². The van der Waals surface area contributed by atoms with Gasteiger partial charge in [0.25, 0.3) is 0 Å². The van der Waals surface area contributed by atoms with Crippen molar-refractivity contribution in [3.8, 4) is 5.75 Å². The predicted octanol–water partition coefficient (Wildman–Crippen LogP) is 3.43. The van der Waals surface area contributed by atoms with E-state index in [0.717, 1.165) is 32.2 Å². The Bertz CT molecular complexity index is 419. The van der Waals surface area contributed by atoms with Crippen molar-refractivity contribution in [3.05, 3.63) is 29.6 Å². The maximum atomic E-state index is 13.4. The molecule has 0 heterocycles. The Labute approximate surface area is 127 Å². The molecule has 0 amide bonds. The number of aliphatic hydroxyl groups is 1. The lowest BCUT2D eigenvalue weighted by atomic mass is 9.91. The quantitative estimate of drug-likeness (QED) is 0.650. The van der Waals surface area contributed by atoms with Crippen LogP contribution in [0.4, 0.5) is 4.39 Å². The number of benzene rings is 1. The summed E-state index contributed by atoms with van der Waals surface area (Å²) < 4.78 is 19.0. The van der Waals surface area contributed by atoms with Crippen molar-refractivity contribution in [3.63, 3.8) is 0 Å². The zero-order chi connectivity index (χ0) is 15.7. The van der Waals surface area contributed by atoms with Crippen LogP contribution >= 0.6 is 0 Å². The van der Waals surface area contributed by atoms with Crippen LogP contribution < -0.4 is 10.1 Å². The molecule has 0 radical (unpaired) electrons. The minimum atomic E-state index is -0.240. The molecule has 0 aromatic heterocycles. The molecule has 0 spiro atoms. The van der Waals surface area contributed by atoms with Crippen LogP contribution in [0.3, 0.4) is 0 Å². The van der Waals surface area contributed by atoms with Gasteiger partial charge in [0.1, 0.15) is 11.6 Å². The van der Waals surface area contributed by atoms with Gasteiger partial charge < -0.3 is 15.2 Å². The van der Waals surface area contributed by atoms with Gasteiger partial charge in [-0.25, -0.2) is 4.39 Å². The predicted molar refractivity (Wildman–Crippen MR) is 84.3 cm³/mol. The number of rotatable bonds is 10. The molecule has 1 rings (SSSR count). The number of aryl methyl sites for hydroxylation is 1. The van der Waals surface area contributed by atoms with Gasteiger partial charge in [-0.3, -0.25) is 0 Å². The molecule has 0 fully saturated rings. The van der Waals surface area contributed by atoms with E-state index >= 15 is 0 Å². The minimum Gasteiger partial charge on any atom is -0.493 e. The van der Waals surface area contributed by atoms with Crippen molar-refractivity contribution < 1.29 is 14.2 Å². The Balaban J connectivity index is 2.41. The molecule has 3 nitrogen and oxygen atoms in total. The summed E-state index contributed by atoms with van der Waals surface area (Å²) in [5.41, 5.74) is 0.397. The first-order chi connectivity index (χ1) is 10.1. The molecule has 1 aromatic carbocycles. The number of nitrogens with one attached hydrogen (secondary N) is 1. The third-order valence-electron chi connectivity index (χ3n) is 3.94. The van der Waals surface area contributed by atoms with Crippen LogP contribution in [0.25, 0.3) is 0 Å². The Morgan fingerprint density at radius 1 is 1.33 bits per heavy atom. The maximum Gasteiger partial charge on any atom is 0.129 e. The molecule has 0 bridgehead atoms. The lowest BCUT2D eigenvalue weighted by Crippen LogP contribution is -2.48. The summed E-state index contributed by atoms with van der Waals surface area (Å²) in [6.07, 6.45) is 3.58. The highest BCUT2D eigenvalue weighted by molar-refractivity contribution is 5.27. The standard InChI is InChI=1S/C17H28FNO2/c1-4-10-19-17(5-2,13-20)9-6-11-21-15-8-7-14(3)16(18)12-15/h7-8,12,19-20H,4-6,9-11,13H2,1-3H3. The monoisotopic (exact) mass is 297 g/mol. The average Bonchev–Trinajstić information content (AvgIpc) is 2.50. The van der Waals surface area contributed by atoms with Crippen molar-refractivity contribution in [2.75, 3.05) is 19.8 Å². The van der Waals surface area contributed by atoms with E-state index in [0.29, 0.717) is 17.9 Å². The van der Waals surface area contributed by atoms with Gasteiger partial charge in [-0.1, -0.05) is 19.9 Å². The Morgan fingerprint density at radius 3 is 2.67 bits per heavy atom. The zero-order valence-electron chi connectivity index (χ0n) is 13.4. The number of hydrogen-bond donors (Lipinski definition) is 2. The van der Waals surface area contributed by atoms with Crippen LogP contribution in [-0.2, 0) is 0 Å². The molecule has 2 N–H and O–H groups in total. The summed E-state index contributed by atoms with van der Waals surface area (Å²) in [6, 6.07) is 4.92. The lowest BCUT2D eigenvalue weighted by Gasteiger charge is -2.32. The molecule has 4 heteroatoms. The van der Waals surface area contributed by atoms with Gasteiger partial charge in [-0.05, 0) is 50.8 Å². The molecule has 0 aliphatic carbocycles. The fraction of sp³-hybridized carbons (Fsp3) is 0.647. The molecule has 0 saturated heterocycles. The summed E-state index contributed by atoms with van der Waals surface area (Å²) in [5.74, 6) is 0.320. The second-order valence-electron chi connectivity index (χ2n) is 5.58. The number of halogens is 1. The third kappa shape index (κ3) is 5.64. The van der Waals surface area contributed by atoms with Crippen molar-refractivity contribution >= 4 is 0 Å². The average molecular weight is 297 g/mol. The highest BCUT2D eigenvalue weighted by atomic mass is 19.1. The summed E-state index contributed by atoms with van der Waals surface area (Å²) >= 11 is 0. The van der Waals surface area contributed by atoms with Crippen molar-refractivity contribution in [2.45, 2.75) is 52.0 Å². The third-order valence-corrected chi connectivity index (χ3v) is 3.94. The summed E-state index contributed by atoms with van der Waals surface area (Å²) in [6.45, 7) is 7.48. The number of ether oxygens (including phenoxy) is 1. The second-order valence-corrected chi connectivity index (χ2v) is 5.58. The van der Waals surface area contributed by atoms with Crippen LogP contribution in [0.2, 0.25) is 0 Å². The van der Waals surface area contributed by atoms with E-state index in [1.807, 2.05) is 0 Å². The van der Waals surface area contributed by atoms with Gasteiger partial charge in [0.15, 0.2) is 0 Å². The molecular formula is C17H28FNO2. The summed E-state index contributed by atoms with van der Waals surface area (Å²) in [5, 5.41) is 13.1. The fourth-order valence-corrected chi connectivity index (χ4v) is 2.29. The molecule has 0 aliphatic heterocycles. The summed E-state index contributed by atoms with van der Waals surface area (Å²) in [4.78, 5) is 0. The van der Waals surface area contributed by atoms with Crippen LogP contribution in [0.1, 0.15) is 45.1 Å². The van der Waals surface area contributed by atoms with Crippen LogP contribution in [0, 0.1) is 12.7 Å². The van der Waals surface area contributed by atoms with Gasteiger partial charge >= 0.3 is 0 Å². The fourth-order valence-electron chi connectivity index (χ4n) is 2.29. The van der Waals surface area contributed by atoms with E-state index in [1.54, 1.807) is 19.1 Å². The Morgan fingerprint density at radius 2 is 2.10 bits per heavy atom. The topological polar surface area (TPSA) is 41.5 Å². The number of hydrogen-bond acceptors (Lipinski definition) is 3. The normalized spacial score (nSPS) is 14.0. The first-order valence-corrected chi connectivity index (χ1v) is 7.81. The smallest absolute Gasteiger partial charge is 0.129 e. The van der Waals surface area contributed by atoms with Gasteiger partial charge in [0.2, 0.25) is 0 Å². The summed E-state index contributed by atoms with van der Waals surface area (Å²) in [7, 11) is 0. The largest absolute Gasteiger partial charge is 0.493 e. The molecule has 21 heavy (non-hydrogen) atoms. The van der Waals surface area contributed by atoms with Crippen LogP contribution in [0.15, 0.2) is 18.2 Å². The van der Waals surface area contributed by atoms with Gasteiger partial charge in [0, 0.05) is 11.6 Å². The zero-order valence-corrected chi connectivity index (χ0v) is 13.4. The highest BCUT2D eigenvalue weighted by Gasteiger charge is 2.25. The van der Waals surface area contributed by atoms with E-state index in [2.05, 4.69) is 19.2 Å². The molecule has 0 aliphatic rings. The van der Waals surface area contributed by atoms with Gasteiger partial charge in [0.05, 0.1) is 13.2 Å². The Kier molecular flexibility index (Phi) is 7.68. The van der Waals surface area contributed by atoms with E-state index < -0.39 is 0 Å². The lowest BCUT2D eigenvalue weighted by molar-refractivity contribution is 0.138. The SMILES string of the molecule is CCCNC(CC)(CO)CCCOc1ccc(C)c(F)c1. The molecule has 120 valence electrons. The molecule has 1 unspecified atom stereocenters. The number of aliphatic hydroxyl groups excluding tert-OH is 1. The maximum absolute atomic E-state index is 13.4. The van der Waals surface area contributed by atoms with Crippen molar-refractivity contribution in [1.29, 1.82) is 0 Å². The van der Waals surface area contributed by atoms with Gasteiger partial charge in [-0.15, -0.1) is 0 Å². The van der Waals surface area contributed by atoms with Crippen LogP contribution in [-0.4, -0.2) is 30.4 Å². The van der Waals surface area contributed by atoms with Crippen molar-refractivity contribution in [1.82, 2.24) is 5.32 Å². The highest BCUT2D eigenvalue weighted by Crippen LogP contribution is 2.19. The van der Waals surface area contributed by atoms with Crippen molar-refractivity contribution in [2.24, 2.45) is 0 Å². The second kappa shape index (κ2) is 9.00. The molecule has 1 atom stereocenters. The van der Waals surface area contributed by atoms with E-state index in [4.69, 9.17) is 4.74 Å². The van der Waals surface area contributed by atoms with Crippen LogP contribution in [0.5, 0.6) is 5.75 Å².